The van der Waals surface area contributed by atoms with E-state index in [-0.39, 0.29) is 36.1 Å². The van der Waals surface area contributed by atoms with Gasteiger partial charge in [0.1, 0.15) is 23.6 Å². The van der Waals surface area contributed by atoms with Gasteiger partial charge in [-0.1, -0.05) is 56.3 Å². The Balaban J connectivity index is 1.30. The molecule has 0 bridgehead atoms. The van der Waals surface area contributed by atoms with Gasteiger partial charge in [0.25, 0.3) is 11.8 Å². The van der Waals surface area contributed by atoms with Crippen molar-refractivity contribution in [3.63, 3.8) is 0 Å². The van der Waals surface area contributed by atoms with Crippen LogP contribution in [0.3, 0.4) is 0 Å². The lowest BCUT2D eigenvalue weighted by atomic mass is 10.0. The van der Waals surface area contributed by atoms with E-state index in [4.69, 9.17) is 4.74 Å². The number of ketones is 1. The molecule has 0 aromatic heterocycles. The normalized spacial score (nSPS) is 18.9. The summed E-state index contributed by atoms with van der Waals surface area (Å²) in [6.07, 6.45) is 0.932. The van der Waals surface area contributed by atoms with Gasteiger partial charge in [-0.05, 0) is 61.2 Å². The molecule has 3 aromatic rings. The number of hydrogen-bond acceptors (Lipinski definition) is 5. The molecular weight excluding hydrogens is 506 g/mol. The van der Waals surface area contributed by atoms with Crippen LogP contribution in [0.25, 0.3) is 0 Å². The van der Waals surface area contributed by atoms with Crippen molar-refractivity contribution in [1.29, 1.82) is 0 Å². The van der Waals surface area contributed by atoms with Crippen LogP contribution < -0.4 is 10.1 Å². The smallest absolute Gasteiger partial charge is 0.254 e. The highest BCUT2D eigenvalue weighted by molar-refractivity contribution is 6.03. The molecule has 0 spiro atoms. The van der Waals surface area contributed by atoms with Gasteiger partial charge in [0.2, 0.25) is 5.91 Å². The van der Waals surface area contributed by atoms with E-state index in [2.05, 4.69) is 5.32 Å². The number of rotatable bonds is 8. The predicted octanol–water partition coefficient (Wildman–Crippen LogP) is 4.32. The van der Waals surface area contributed by atoms with Gasteiger partial charge in [-0.2, -0.15) is 0 Å². The van der Waals surface area contributed by atoms with E-state index in [9.17, 15) is 19.2 Å². The number of ether oxygens (including phenoxy) is 1. The van der Waals surface area contributed by atoms with E-state index in [1.54, 1.807) is 58.3 Å². The van der Waals surface area contributed by atoms with Crippen molar-refractivity contribution in [3.05, 3.63) is 96.1 Å². The Labute approximate surface area is 233 Å². The molecule has 3 amide bonds. The number of Topliss-reactive ketones (excluding diaryl/α,β-unsaturated/α-hetero) is 1. The van der Waals surface area contributed by atoms with Crippen molar-refractivity contribution in [1.82, 2.24) is 15.1 Å². The number of carbonyl (C=O) groups excluding carboxylic acids is 4. The molecule has 0 saturated carbocycles. The lowest BCUT2D eigenvalue weighted by Crippen LogP contribution is -2.53. The molecule has 0 radical (unpaired) electrons. The Kier molecular flexibility index (Phi) is 7.96. The monoisotopic (exact) mass is 539 g/mol. The van der Waals surface area contributed by atoms with Gasteiger partial charge in [0.15, 0.2) is 5.78 Å². The fourth-order valence-electron chi connectivity index (χ4n) is 5.55. The highest BCUT2D eigenvalue weighted by atomic mass is 16.5. The molecule has 0 aliphatic carbocycles. The molecule has 1 N–H and O–H groups in total. The molecule has 2 fully saturated rings. The van der Waals surface area contributed by atoms with Gasteiger partial charge in [-0.15, -0.1) is 0 Å². The minimum absolute atomic E-state index is 0.0255. The minimum atomic E-state index is -0.809. The molecule has 2 saturated heterocycles. The summed E-state index contributed by atoms with van der Waals surface area (Å²) in [5.41, 5.74) is 0.884. The Hall–Kier alpha value is -4.46. The molecule has 0 unspecified atom stereocenters. The largest absolute Gasteiger partial charge is 0.457 e. The fraction of sp³-hybridized carbons (Fsp3) is 0.312. The predicted molar refractivity (Wildman–Crippen MR) is 150 cm³/mol. The Morgan fingerprint density at radius 2 is 1.52 bits per heavy atom. The third kappa shape index (κ3) is 5.76. The zero-order chi connectivity index (χ0) is 28.2. The van der Waals surface area contributed by atoms with Crippen molar-refractivity contribution >= 4 is 23.5 Å². The van der Waals surface area contributed by atoms with E-state index in [1.165, 1.54) is 0 Å². The molecule has 8 nitrogen and oxygen atoms in total. The average Bonchev–Trinajstić information content (AvgIpc) is 3.54. The third-order valence-electron chi connectivity index (χ3n) is 7.37. The SMILES string of the molecule is CC(C)C[C@H](NC(=O)c1cccc(Oc2ccccc2)c1)C(=O)N1CC[C@@H]2[C@H]1C(=O)CN2C(=O)c1ccccc1. The maximum atomic E-state index is 13.8. The first kappa shape index (κ1) is 27.1. The number of benzene rings is 3. The zero-order valence-corrected chi connectivity index (χ0v) is 22.7. The van der Waals surface area contributed by atoms with Gasteiger partial charge in [-0.3, -0.25) is 19.2 Å². The zero-order valence-electron chi connectivity index (χ0n) is 22.7. The Bertz CT molecular complexity index is 1390. The van der Waals surface area contributed by atoms with E-state index >= 15 is 0 Å². The van der Waals surface area contributed by atoms with Crippen LogP contribution in [0.4, 0.5) is 0 Å². The summed E-state index contributed by atoms with van der Waals surface area (Å²) >= 11 is 0. The van der Waals surface area contributed by atoms with Crippen molar-refractivity contribution < 1.29 is 23.9 Å². The lowest BCUT2D eigenvalue weighted by Gasteiger charge is -2.29. The first-order chi connectivity index (χ1) is 19.3. The molecule has 2 aliphatic heterocycles. The van der Waals surface area contributed by atoms with Crippen molar-refractivity contribution in [2.75, 3.05) is 13.1 Å². The van der Waals surface area contributed by atoms with Crippen LogP contribution in [-0.2, 0) is 9.59 Å². The number of carbonyl (C=O) groups is 4. The Morgan fingerprint density at radius 3 is 2.23 bits per heavy atom. The van der Waals surface area contributed by atoms with Crippen molar-refractivity contribution in [3.8, 4) is 11.5 Å². The van der Waals surface area contributed by atoms with Crippen molar-refractivity contribution in [2.24, 2.45) is 5.92 Å². The highest BCUT2D eigenvalue weighted by Gasteiger charge is 2.52. The number of likely N-dealkylation sites (tertiary alicyclic amines) is 2. The molecule has 3 aromatic carbocycles. The number of amides is 3. The summed E-state index contributed by atoms with van der Waals surface area (Å²) in [5.74, 6) is 0.224. The molecule has 8 heteroatoms. The van der Waals surface area contributed by atoms with E-state index < -0.39 is 18.0 Å². The van der Waals surface area contributed by atoms with E-state index in [0.29, 0.717) is 42.0 Å². The van der Waals surface area contributed by atoms with E-state index in [1.807, 2.05) is 50.2 Å². The van der Waals surface area contributed by atoms with Crippen LogP contribution in [0, 0.1) is 5.92 Å². The molecule has 40 heavy (non-hydrogen) atoms. The van der Waals surface area contributed by atoms with Crippen molar-refractivity contribution in [2.45, 2.75) is 44.8 Å². The molecule has 3 atom stereocenters. The second-order valence-corrected chi connectivity index (χ2v) is 10.7. The van der Waals surface area contributed by atoms with Crippen LogP contribution >= 0.6 is 0 Å². The van der Waals surface area contributed by atoms with E-state index in [0.717, 1.165) is 0 Å². The number of para-hydroxylation sites is 1. The molecule has 2 heterocycles. The number of hydrogen-bond donors (Lipinski definition) is 1. The topological polar surface area (TPSA) is 96.0 Å². The van der Waals surface area contributed by atoms with Gasteiger partial charge < -0.3 is 19.9 Å². The summed E-state index contributed by atoms with van der Waals surface area (Å²) in [6.45, 7) is 4.29. The fourth-order valence-corrected chi connectivity index (χ4v) is 5.55. The number of fused-ring (bicyclic) bond motifs is 1. The second kappa shape index (κ2) is 11.7. The van der Waals surface area contributed by atoms with Gasteiger partial charge in [0.05, 0.1) is 12.6 Å². The highest BCUT2D eigenvalue weighted by Crippen LogP contribution is 2.32. The maximum Gasteiger partial charge on any atom is 0.254 e. The summed E-state index contributed by atoms with van der Waals surface area (Å²) in [6, 6.07) is 23.1. The van der Waals surface area contributed by atoms with Gasteiger partial charge >= 0.3 is 0 Å². The number of nitrogens with one attached hydrogen (secondary N) is 1. The minimum Gasteiger partial charge on any atom is -0.457 e. The quantitative estimate of drug-likeness (QED) is 0.460. The van der Waals surface area contributed by atoms with Crippen LogP contribution in [0.15, 0.2) is 84.9 Å². The van der Waals surface area contributed by atoms with Crippen LogP contribution in [0.1, 0.15) is 47.4 Å². The molecule has 206 valence electrons. The molecule has 5 rings (SSSR count). The summed E-state index contributed by atoms with van der Waals surface area (Å²) in [4.78, 5) is 56.5. The molecule has 2 aliphatic rings. The summed E-state index contributed by atoms with van der Waals surface area (Å²) < 4.78 is 5.86. The standard InChI is InChI=1S/C32H33N3O5/c1-21(2)18-26(33-30(37)23-12-9-15-25(19-23)40-24-13-7-4-8-14-24)32(39)34-17-16-27-29(34)28(36)20-35(27)31(38)22-10-5-3-6-11-22/h3-15,19,21,26-27,29H,16-18,20H2,1-2H3,(H,33,37)/t26-,27+,29-/m0/s1. The van der Waals surface area contributed by atoms with Crippen LogP contribution in [-0.4, -0.2) is 64.5 Å². The average molecular weight is 540 g/mol. The second-order valence-electron chi connectivity index (χ2n) is 10.7. The summed E-state index contributed by atoms with van der Waals surface area (Å²) in [7, 11) is 0. The van der Waals surface area contributed by atoms with Crippen LogP contribution in [0.2, 0.25) is 0 Å². The van der Waals surface area contributed by atoms with Gasteiger partial charge in [0, 0.05) is 17.7 Å². The first-order valence-corrected chi connectivity index (χ1v) is 13.6. The molecular formula is C32H33N3O5. The lowest BCUT2D eigenvalue weighted by molar-refractivity contribution is -0.138. The Morgan fingerprint density at radius 1 is 0.875 bits per heavy atom. The third-order valence-corrected chi connectivity index (χ3v) is 7.37. The summed E-state index contributed by atoms with van der Waals surface area (Å²) in [5, 5.41) is 2.91. The maximum absolute atomic E-state index is 13.8. The first-order valence-electron chi connectivity index (χ1n) is 13.6. The van der Waals surface area contributed by atoms with Crippen LogP contribution in [0.5, 0.6) is 11.5 Å². The van der Waals surface area contributed by atoms with Gasteiger partial charge in [-0.25, -0.2) is 0 Å². The number of nitrogens with zero attached hydrogens (tertiary/aromatic N) is 2.